The molecule has 0 saturated carbocycles. The molecule has 0 aromatic carbocycles. The van der Waals surface area contributed by atoms with E-state index in [1.54, 1.807) is 0 Å². The number of ether oxygens (including phenoxy) is 1. The lowest BCUT2D eigenvalue weighted by atomic mass is 10.2. The van der Waals surface area contributed by atoms with Gasteiger partial charge in [0, 0.05) is 6.42 Å². The van der Waals surface area contributed by atoms with E-state index in [0.717, 1.165) is 12.8 Å². The Bertz CT molecular complexity index is 298. The third kappa shape index (κ3) is 13.0. The SMILES string of the molecule is CCCC(SCCCCCC(F)(F)F)C(=O)OC(C)(C)C. The maximum atomic E-state index is 12.0. The lowest BCUT2D eigenvalue weighted by molar-refractivity contribution is -0.154. The largest absolute Gasteiger partial charge is 0.459 e. The molecule has 0 radical (unpaired) electrons. The minimum atomic E-state index is -4.06. The Balaban J connectivity index is 3.97. The minimum absolute atomic E-state index is 0.162. The van der Waals surface area contributed by atoms with E-state index in [-0.39, 0.29) is 17.6 Å². The number of esters is 1. The topological polar surface area (TPSA) is 26.3 Å². The van der Waals surface area contributed by atoms with E-state index in [1.165, 1.54) is 11.8 Å². The standard InChI is InChI=1S/C15H27F3O2S/c1-5-9-12(13(19)20-14(2,3)4)21-11-8-6-7-10-15(16,17)18/h12H,5-11H2,1-4H3. The molecule has 2 nitrogen and oxygen atoms in total. The third-order valence-corrected chi connectivity index (χ3v) is 4.00. The summed E-state index contributed by atoms with van der Waals surface area (Å²) in [6.07, 6.45) is -1.76. The van der Waals surface area contributed by atoms with Crippen LogP contribution in [0.2, 0.25) is 0 Å². The fourth-order valence-corrected chi connectivity index (χ4v) is 2.97. The second kappa shape index (κ2) is 9.59. The van der Waals surface area contributed by atoms with Crippen molar-refractivity contribution < 1.29 is 22.7 Å². The van der Waals surface area contributed by atoms with Crippen molar-refractivity contribution >= 4 is 17.7 Å². The third-order valence-electron chi connectivity index (χ3n) is 2.64. The number of alkyl halides is 3. The number of carbonyl (C=O) groups is 1. The van der Waals surface area contributed by atoms with Gasteiger partial charge in [-0.2, -0.15) is 13.2 Å². The summed E-state index contributed by atoms with van der Waals surface area (Å²) in [4.78, 5) is 12.0. The van der Waals surface area contributed by atoms with Crippen LogP contribution in [0.5, 0.6) is 0 Å². The van der Waals surface area contributed by atoms with Crippen LogP contribution >= 0.6 is 11.8 Å². The van der Waals surface area contributed by atoms with E-state index >= 15 is 0 Å². The van der Waals surface area contributed by atoms with Gasteiger partial charge in [-0.1, -0.05) is 19.8 Å². The molecule has 0 aromatic heterocycles. The van der Waals surface area contributed by atoms with Crippen molar-refractivity contribution in [3.63, 3.8) is 0 Å². The Hall–Kier alpha value is -0.390. The summed E-state index contributed by atoms with van der Waals surface area (Å²) in [5.41, 5.74) is -0.504. The highest BCUT2D eigenvalue weighted by Gasteiger charge is 2.26. The number of halogens is 3. The van der Waals surface area contributed by atoms with Crippen molar-refractivity contribution in [2.45, 2.75) is 83.2 Å². The maximum Gasteiger partial charge on any atom is 0.389 e. The molecule has 0 aliphatic heterocycles. The Morgan fingerprint density at radius 2 is 1.76 bits per heavy atom. The monoisotopic (exact) mass is 328 g/mol. The molecule has 0 aromatic rings. The van der Waals surface area contributed by atoms with Crippen LogP contribution in [0.25, 0.3) is 0 Å². The van der Waals surface area contributed by atoms with Gasteiger partial charge in [0.1, 0.15) is 10.9 Å². The van der Waals surface area contributed by atoms with Gasteiger partial charge in [0.15, 0.2) is 0 Å². The predicted molar refractivity (Wildman–Crippen MR) is 81.5 cm³/mol. The first-order chi connectivity index (χ1) is 9.55. The fraction of sp³-hybridized carbons (Fsp3) is 0.933. The molecule has 1 atom stereocenters. The zero-order valence-corrected chi connectivity index (χ0v) is 14.2. The van der Waals surface area contributed by atoms with Crippen LogP contribution in [-0.4, -0.2) is 28.7 Å². The van der Waals surface area contributed by atoms with Gasteiger partial charge in [-0.05, 0) is 45.8 Å². The van der Waals surface area contributed by atoms with Crippen LogP contribution in [0.15, 0.2) is 0 Å². The average molecular weight is 328 g/mol. The second-order valence-electron chi connectivity index (χ2n) is 6.11. The molecule has 0 aliphatic carbocycles. The van der Waals surface area contributed by atoms with Crippen molar-refractivity contribution in [3.05, 3.63) is 0 Å². The quantitative estimate of drug-likeness (QED) is 0.421. The number of thioether (sulfide) groups is 1. The summed E-state index contributed by atoms with van der Waals surface area (Å²) in [7, 11) is 0. The van der Waals surface area contributed by atoms with Crippen LogP contribution in [0.3, 0.4) is 0 Å². The molecule has 0 rings (SSSR count). The smallest absolute Gasteiger partial charge is 0.389 e. The maximum absolute atomic E-state index is 12.0. The molecule has 0 N–H and O–H groups in total. The van der Waals surface area contributed by atoms with Gasteiger partial charge in [0.2, 0.25) is 0 Å². The average Bonchev–Trinajstić information content (AvgIpc) is 2.28. The van der Waals surface area contributed by atoms with Gasteiger partial charge >= 0.3 is 12.1 Å². The van der Waals surface area contributed by atoms with Gasteiger partial charge in [0.25, 0.3) is 0 Å². The van der Waals surface area contributed by atoms with Crippen molar-refractivity contribution in [3.8, 4) is 0 Å². The van der Waals surface area contributed by atoms with Crippen LogP contribution < -0.4 is 0 Å². The molecule has 0 saturated heterocycles. The normalized spacial score (nSPS) is 14.0. The summed E-state index contributed by atoms with van der Waals surface area (Å²) >= 11 is 1.50. The minimum Gasteiger partial charge on any atom is -0.459 e. The van der Waals surface area contributed by atoms with Crippen molar-refractivity contribution in [2.24, 2.45) is 0 Å². The lowest BCUT2D eigenvalue weighted by Crippen LogP contribution is -2.30. The van der Waals surface area contributed by atoms with Gasteiger partial charge in [-0.25, -0.2) is 0 Å². The van der Waals surface area contributed by atoms with Crippen molar-refractivity contribution in [1.29, 1.82) is 0 Å². The van der Waals surface area contributed by atoms with Crippen molar-refractivity contribution in [1.82, 2.24) is 0 Å². The number of carbonyl (C=O) groups excluding carboxylic acids is 1. The molecule has 0 fully saturated rings. The van der Waals surface area contributed by atoms with E-state index in [4.69, 9.17) is 4.74 Å². The van der Waals surface area contributed by atoms with Crippen molar-refractivity contribution in [2.75, 3.05) is 5.75 Å². The Morgan fingerprint density at radius 3 is 2.24 bits per heavy atom. The molecular weight excluding hydrogens is 301 g/mol. The number of hydrogen-bond acceptors (Lipinski definition) is 3. The number of rotatable bonds is 9. The van der Waals surface area contributed by atoms with E-state index in [1.807, 2.05) is 27.7 Å². The Labute approximate surface area is 130 Å². The molecular formula is C15H27F3O2S. The lowest BCUT2D eigenvalue weighted by Gasteiger charge is -2.23. The number of hydrogen-bond donors (Lipinski definition) is 0. The zero-order valence-electron chi connectivity index (χ0n) is 13.4. The first-order valence-electron chi connectivity index (χ1n) is 7.46. The molecule has 6 heteroatoms. The first kappa shape index (κ1) is 20.6. The molecule has 0 spiro atoms. The summed E-state index contributed by atoms with van der Waals surface area (Å²) in [5, 5.41) is -0.211. The van der Waals surface area contributed by atoms with Gasteiger partial charge in [-0.3, -0.25) is 4.79 Å². The predicted octanol–water partition coefficient (Wildman–Crippen LogP) is 5.35. The first-order valence-corrected chi connectivity index (χ1v) is 8.51. The van der Waals surface area contributed by atoms with Gasteiger partial charge in [0.05, 0.1) is 0 Å². The summed E-state index contributed by atoms with van der Waals surface area (Å²) in [5.74, 6) is 0.478. The highest BCUT2D eigenvalue weighted by atomic mass is 32.2. The molecule has 0 heterocycles. The summed E-state index contributed by atoms with van der Waals surface area (Å²) in [6.45, 7) is 7.49. The molecule has 126 valence electrons. The molecule has 0 aliphatic rings. The highest BCUT2D eigenvalue weighted by Crippen LogP contribution is 2.25. The van der Waals surface area contributed by atoms with Crippen LogP contribution in [0, 0.1) is 0 Å². The highest BCUT2D eigenvalue weighted by molar-refractivity contribution is 8.00. The Kier molecular flexibility index (Phi) is 9.41. The van der Waals surface area contributed by atoms with E-state index in [0.29, 0.717) is 18.6 Å². The van der Waals surface area contributed by atoms with E-state index < -0.39 is 18.2 Å². The van der Waals surface area contributed by atoms with Crippen LogP contribution in [0.4, 0.5) is 13.2 Å². The molecule has 1 unspecified atom stereocenters. The Morgan fingerprint density at radius 1 is 1.14 bits per heavy atom. The van der Waals surface area contributed by atoms with Crippen LogP contribution in [0.1, 0.15) is 66.2 Å². The van der Waals surface area contributed by atoms with Gasteiger partial charge < -0.3 is 4.74 Å². The fourth-order valence-electron chi connectivity index (χ4n) is 1.73. The number of unbranched alkanes of at least 4 members (excludes halogenated alkanes) is 2. The van der Waals surface area contributed by atoms with Crippen LogP contribution in [-0.2, 0) is 9.53 Å². The molecule has 0 amide bonds. The van der Waals surface area contributed by atoms with E-state index in [2.05, 4.69) is 0 Å². The van der Waals surface area contributed by atoms with Gasteiger partial charge in [-0.15, -0.1) is 11.8 Å². The second-order valence-corrected chi connectivity index (χ2v) is 7.42. The summed E-state index contributed by atoms with van der Waals surface area (Å²) in [6, 6.07) is 0. The zero-order chi connectivity index (χ0) is 16.5. The molecule has 21 heavy (non-hydrogen) atoms. The summed E-state index contributed by atoms with van der Waals surface area (Å²) < 4.78 is 41.3. The van der Waals surface area contributed by atoms with E-state index in [9.17, 15) is 18.0 Å². The molecule has 0 bridgehead atoms.